The van der Waals surface area contributed by atoms with Gasteiger partial charge >= 0.3 is 17.8 Å². The summed E-state index contributed by atoms with van der Waals surface area (Å²) in [6.45, 7) is 1.43. The van der Waals surface area contributed by atoms with Crippen molar-refractivity contribution in [1.82, 2.24) is 19.4 Å². The van der Waals surface area contributed by atoms with Crippen molar-refractivity contribution in [3.63, 3.8) is 0 Å². The van der Waals surface area contributed by atoms with Crippen molar-refractivity contribution in [3.05, 3.63) is 55.9 Å². The summed E-state index contributed by atoms with van der Waals surface area (Å²) >= 11 is 0. The second-order valence-corrected chi connectivity index (χ2v) is 6.39. The molecular formula is C17H14F3N5O4. The van der Waals surface area contributed by atoms with Gasteiger partial charge in [0.1, 0.15) is 11.6 Å². The maximum Gasteiger partial charge on any atom is 0.418 e. The number of carbonyl (C=O) groups excluding carboxylic acids is 2. The number of halogens is 3. The van der Waals surface area contributed by atoms with Gasteiger partial charge in [0.2, 0.25) is 5.78 Å². The van der Waals surface area contributed by atoms with Crippen LogP contribution >= 0.6 is 0 Å². The Labute approximate surface area is 160 Å². The molecule has 1 aliphatic heterocycles. The quantitative estimate of drug-likeness (QED) is 0.667. The lowest BCUT2D eigenvalue weighted by Crippen LogP contribution is -2.46. The van der Waals surface area contributed by atoms with Gasteiger partial charge in [0, 0.05) is 20.3 Å². The number of amides is 1. The monoisotopic (exact) mass is 409 g/mol. The van der Waals surface area contributed by atoms with Gasteiger partial charge in [0.25, 0.3) is 5.56 Å². The Morgan fingerprint density at radius 1 is 1.07 bits per heavy atom. The van der Waals surface area contributed by atoms with Gasteiger partial charge in [-0.1, -0.05) is 11.6 Å². The third-order valence-corrected chi connectivity index (χ3v) is 4.32. The average Bonchev–Trinajstić information content (AvgIpc) is 2.64. The molecule has 2 heterocycles. The first-order chi connectivity index (χ1) is 13.4. The van der Waals surface area contributed by atoms with Gasteiger partial charge in [-0.3, -0.25) is 14.4 Å². The Kier molecular flexibility index (Phi) is 4.73. The number of hydrogen-bond donors (Lipinski definition) is 0. The van der Waals surface area contributed by atoms with E-state index in [9.17, 15) is 32.3 Å². The van der Waals surface area contributed by atoms with Crippen LogP contribution in [0, 0.1) is 6.92 Å². The summed E-state index contributed by atoms with van der Waals surface area (Å²) in [7, 11) is 2.34. The highest BCUT2D eigenvalue weighted by Crippen LogP contribution is 2.33. The Hall–Kier alpha value is -3.57. The topological polar surface area (TPSA) is 107 Å². The minimum atomic E-state index is -4.85. The van der Waals surface area contributed by atoms with Crippen molar-refractivity contribution >= 4 is 17.9 Å². The number of hydrogen-bond acceptors (Lipinski definition) is 6. The van der Waals surface area contributed by atoms with E-state index in [1.807, 2.05) is 0 Å². The Morgan fingerprint density at radius 2 is 1.72 bits per heavy atom. The predicted molar refractivity (Wildman–Crippen MR) is 93.8 cm³/mol. The van der Waals surface area contributed by atoms with Crippen LogP contribution in [0.3, 0.4) is 0 Å². The highest BCUT2D eigenvalue weighted by atomic mass is 19.4. The van der Waals surface area contributed by atoms with Crippen LogP contribution in [0.2, 0.25) is 0 Å². The first-order valence-electron chi connectivity index (χ1n) is 8.18. The lowest BCUT2D eigenvalue weighted by atomic mass is 10.00. The summed E-state index contributed by atoms with van der Waals surface area (Å²) in [5, 5.41) is 8.12. The van der Waals surface area contributed by atoms with Crippen LogP contribution in [0.1, 0.15) is 22.7 Å². The molecule has 29 heavy (non-hydrogen) atoms. The Balaban J connectivity index is 2.34. The molecule has 0 bridgehead atoms. The van der Waals surface area contributed by atoms with Gasteiger partial charge in [-0.05, 0) is 19.1 Å². The second kappa shape index (κ2) is 6.79. The van der Waals surface area contributed by atoms with Gasteiger partial charge in [-0.2, -0.15) is 23.4 Å². The van der Waals surface area contributed by atoms with Crippen molar-refractivity contribution in [1.29, 1.82) is 0 Å². The molecule has 0 saturated heterocycles. The number of carbonyl (C=O) groups is 2. The number of likely N-dealkylation sites (N-methyl/N-ethyl adjacent to an activating group) is 1. The summed E-state index contributed by atoms with van der Waals surface area (Å²) in [5.74, 6) is -3.59. The third kappa shape index (κ3) is 3.37. The van der Waals surface area contributed by atoms with E-state index in [4.69, 9.17) is 0 Å². The Morgan fingerprint density at radius 3 is 2.34 bits per heavy atom. The van der Waals surface area contributed by atoms with Crippen molar-refractivity contribution in [3.8, 4) is 5.69 Å². The molecule has 0 aliphatic carbocycles. The molecule has 1 atom stereocenters. The van der Waals surface area contributed by atoms with E-state index in [-0.39, 0.29) is 10.1 Å². The number of nitrogens with zero attached hydrogens (tertiary/aromatic N) is 5. The molecule has 9 nitrogen and oxygen atoms in total. The molecule has 1 amide bonds. The molecule has 0 N–H and O–H groups in total. The largest absolute Gasteiger partial charge is 0.418 e. The minimum Gasteiger partial charge on any atom is -0.287 e. The SMILES string of the molecule is Cc1ccc(-n2c(=O)c(C3C=NN(C)C(=O)C3=O)nn(C)c2=O)c(C(F)(F)F)c1. The van der Waals surface area contributed by atoms with E-state index in [0.717, 1.165) is 30.4 Å². The molecule has 0 fully saturated rings. The normalized spacial score (nSPS) is 17.2. The molecule has 0 radical (unpaired) electrons. The summed E-state index contributed by atoms with van der Waals surface area (Å²) < 4.78 is 41.5. The number of alkyl halides is 3. The Bertz CT molecular complexity index is 1180. The molecule has 12 heteroatoms. The fraction of sp³-hybridized carbons (Fsp3) is 0.294. The van der Waals surface area contributed by atoms with Gasteiger partial charge in [-0.25, -0.2) is 19.1 Å². The van der Waals surface area contributed by atoms with E-state index in [1.54, 1.807) is 0 Å². The zero-order valence-electron chi connectivity index (χ0n) is 15.4. The molecular weight excluding hydrogens is 395 g/mol. The highest BCUT2D eigenvalue weighted by Gasteiger charge is 2.38. The van der Waals surface area contributed by atoms with E-state index >= 15 is 0 Å². The summed E-state index contributed by atoms with van der Waals surface area (Å²) in [4.78, 5) is 49.5. The van der Waals surface area contributed by atoms with E-state index in [2.05, 4.69) is 10.2 Å². The molecule has 1 unspecified atom stereocenters. The van der Waals surface area contributed by atoms with Gasteiger partial charge in [-0.15, -0.1) is 0 Å². The number of benzene rings is 1. The number of rotatable bonds is 2. The zero-order chi connectivity index (χ0) is 21.7. The van der Waals surface area contributed by atoms with E-state index in [0.29, 0.717) is 4.68 Å². The highest BCUT2D eigenvalue weighted by molar-refractivity contribution is 6.42. The van der Waals surface area contributed by atoms with Gasteiger partial charge in [0.15, 0.2) is 0 Å². The number of aryl methyl sites for hydroxylation is 2. The molecule has 1 aliphatic rings. The van der Waals surface area contributed by atoms with Gasteiger partial charge in [0.05, 0.1) is 11.3 Å². The number of Topliss-reactive ketones (excluding diaryl/α,β-unsaturated/α-hetero) is 1. The first kappa shape index (κ1) is 20.2. The van der Waals surface area contributed by atoms with Crippen LogP contribution in [0.25, 0.3) is 5.69 Å². The minimum absolute atomic E-state index is 0.267. The van der Waals surface area contributed by atoms with Crippen molar-refractivity contribution in [2.24, 2.45) is 12.1 Å². The summed E-state index contributed by atoms with van der Waals surface area (Å²) in [6, 6.07) is 3.09. The van der Waals surface area contributed by atoms with Crippen LogP contribution in [-0.2, 0) is 22.8 Å². The van der Waals surface area contributed by atoms with Crippen LogP contribution in [0.15, 0.2) is 32.9 Å². The van der Waals surface area contributed by atoms with E-state index in [1.165, 1.54) is 20.0 Å². The fourth-order valence-corrected chi connectivity index (χ4v) is 2.85. The number of aromatic nitrogens is 3. The fourth-order valence-electron chi connectivity index (χ4n) is 2.85. The maximum atomic E-state index is 13.5. The smallest absolute Gasteiger partial charge is 0.287 e. The lowest BCUT2D eigenvalue weighted by molar-refractivity contribution is -0.144. The van der Waals surface area contributed by atoms with Crippen molar-refractivity contribution < 1.29 is 22.8 Å². The molecule has 1 aromatic carbocycles. The summed E-state index contributed by atoms with van der Waals surface area (Å²) in [6.07, 6.45) is -3.88. The number of ketones is 1. The molecule has 3 rings (SSSR count). The van der Waals surface area contributed by atoms with E-state index < -0.39 is 52.0 Å². The van der Waals surface area contributed by atoms with Crippen molar-refractivity contribution in [2.45, 2.75) is 19.0 Å². The van der Waals surface area contributed by atoms with Crippen LogP contribution in [0.4, 0.5) is 13.2 Å². The van der Waals surface area contributed by atoms with Crippen LogP contribution in [0.5, 0.6) is 0 Å². The predicted octanol–water partition coefficient (Wildman–Crippen LogP) is 0.369. The van der Waals surface area contributed by atoms with Gasteiger partial charge < -0.3 is 0 Å². The zero-order valence-corrected chi connectivity index (χ0v) is 15.4. The third-order valence-electron chi connectivity index (χ3n) is 4.32. The first-order valence-corrected chi connectivity index (χ1v) is 8.18. The van der Waals surface area contributed by atoms with Crippen LogP contribution in [-0.4, -0.2) is 44.3 Å². The molecule has 152 valence electrons. The lowest BCUT2D eigenvalue weighted by Gasteiger charge is -2.20. The molecule has 1 aromatic heterocycles. The molecule has 2 aromatic rings. The summed E-state index contributed by atoms with van der Waals surface area (Å²) in [5.41, 5.74) is -4.62. The average molecular weight is 409 g/mol. The molecule has 0 spiro atoms. The maximum absolute atomic E-state index is 13.5. The molecule has 0 saturated carbocycles. The van der Waals surface area contributed by atoms with Crippen molar-refractivity contribution in [2.75, 3.05) is 7.05 Å². The van der Waals surface area contributed by atoms with Crippen LogP contribution < -0.4 is 11.2 Å². The number of hydrazone groups is 1. The standard InChI is InChI=1S/C17H14F3N5O4/c1-8-4-5-11(10(6-8)17(18,19)20)25-14(27)12(22-24(3)16(25)29)9-7-21-23(2)15(28)13(9)26/h4-7,9H,1-3H3. The second-order valence-electron chi connectivity index (χ2n) is 6.39.